The lowest BCUT2D eigenvalue weighted by molar-refractivity contribution is 0.646. The van der Waals surface area contributed by atoms with Crippen molar-refractivity contribution in [1.82, 2.24) is 4.98 Å². The Labute approximate surface area is 90.5 Å². The Balaban J connectivity index is 2.45. The van der Waals surface area contributed by atoms with Gasteiger partial charge in [0.1, 0.15) is 0 Å². The van der Waals surface area contributed by atoms with Crippen molar-refractivity contribution in [3.8, 4) is 0 Å². The largest absolute Gasteiger partial charge is 0.358 e. The van der Waals surface area contributed by atoms with Crippen molar-refractivity contribution in [2.75, 3.05) is 0 Å². The highest BCUT2D eigenvalue weighted by Gasteiger charge is 2.10. The zero-order valence-electron chi connectivity index (χ0n) is 9.38. The van der Waals surface area contributed by atoms with Crippen molar-refractivity contribution < 1.29 is 0 Å². The van der Waals surface area contributed by atoms with Gasteiger partial charge in [0.05, 0.1) is 0 Å². The van der Waals surface area contributed by atoms with Crippen LogP contribution in [0, 0.1) is 6.92 Å². The summed E-state index contributed by atoms with van der Waals surface area (Å²) >= 11 is 0. The molecule has 0 bridgehead atoms. The maximum atomic E-state index is 6.01. The molecule has 1 aromatic heterocycles. The first kappa shape index (κ1) is 10.2. The molecular formula is C13H18N2. The van der Waals surface area contributed by atoms with Crippen molar-refractivity contribution in [2.45, 2.75) is 32.7 Å². The SMILES string of the molecule is CCC(N)Cc1c(C)[nH]c2ccccc12. The summed E-state index contributed by atoms with van der Waals surface area (Å²) < 4.78 is 0. The molecule has 1 heterocycles. The molecule has 80 valence electrons. The second-order valence-corrected chi connectivity index (χ2v) is 4.15. The van der Waals surface area contributed by atoms with Gasteiger partial charge in [0, 0.05) is 22.6 Å². The minimum atomic E-state index is 0.267. The summed E-state index contributed by atoms with van der Waals surface area (Å²) in [5.74, 6) is 0. The van der Waals surface area contributed by atoms with E-state index in [2.05, 4.69) is 43.1 Å². The van der Waals surface area contributed by atoms with Gasteiger partial charge in [-0.25, -0.2) is 0 Å². The molecule has 3 N–H and O–H groups in total. The zero-order chi connectivity index (χ0) is 10.8. The number of benzene rings is 1. The molecule has 1 unspecified atom stereocenters. The predicted octanol–water partition coefficient (Wildman–Crippen LogP) is 2.76. The van der Waals surface area contributed by atoms with E-state index in [1.165, 1.54) is 22.2 Å². The first-order chi connectivity index (χ1) is 7.22. The minimum absolute atomic E-state index is 0.267. The summed E-state index contributed by atoms with van der Waals surface area (Å²) in [6.07, 6.45) is 1.99. The molecule has 0 aliphatic heterocycles. The lowest BCUT2D eigenvalue weighted by Gasteiger charge is -2.08. The van der Waals surface area contributed by atoms with Crippen molar-refractivity contribution in [2.24, 2.45) is 5.73 Å². The number of fused-ring (bicyclic) bond motifs is 1. The number of hydrogen-bond acceptors (Lipinski definition) is 1. The second-order valence-electron chi connectivity index (χ2n) is 4.15. The Hall–Kier alpha value is -1.28. The van der Waals surface area contributed by atoms with Crippen LogP contribution in [0.5, 0.6) is 0 Å². The average Bonchev–Trinajstić information content (AvgIpc) is 2.55. The number of hydrogen-bond donors (Lipinski definition) is 2. The number of para-hydroxylation sites is 1. The second kappa shape index (κ2) is 4.07. The summed E-state index contributed by atoms with van der Waals surface area (Å²) in [5, 5.41) is 1.32. The van der Waals surface area contributed by atoms with Gasteiger partial charge in [-0.05, 0) is 31.4 Å². The Morgan fingerprint density at radius 1 is 1.33 bits per heavy atom. The fourth-order valence-electron chi connectivity index (χ4n) is 2.00. The Kier molecular flexibility index (Phi) is 2.78. The highest BCUT2D eigenvalue weighted by Crippen LogP contribution is 2.23. The van der Waals surface area contributed by atoms with Crippen LogP contribution in [0.3, 0.4) is 0 Å². The number of aromatic nitrogens is 1. The van der Waals surface area contributed by atoms with Crippen LogP contribution in [0.25, 0.3) is 10.9 Å². The quantitative estimate of drug-likeness (QED) is 0.789. The van der Waals surface area contributed by atoms with E-state index >= 15 is 0 Å². The summed E-state index contributed by atoms with van der Waals surface area (Å²) in [7, 11) is 0. The standard InChI is InChI=1S/C13H18N2/c1-3-10(14)8-12-9(2)15-13-7-5-4-6-11(12)13/h4-7,10,15H,3,8,14H2,1-2H3. The zero-order valence-corrected chi connectivity index (χ0v) is 9.38. The highest BCUT2D eigenvalue weighted by atomic mass is 14.7. The molecule has 0 aliphatic carbocycles. The molecule has 2 rings (SSSR count). The van der Waals surface area contributed by atoms with Gasteiger partial charge in [-0.3, -0.25) is 0 Å². The third-order valence-electron chi connectivity index (χ3n) is 3.02. The van der Waals surface area contributed by atoms with Gasteiger partial charge >= 0.3 is 0 Å². The molecule has 0 saturated heterocycles. The van der Waals surface area contributed by atoms with Gasteiger partial charge in [-0.15, -0.1) is 0 Å². The molecule has 1 atom stereocenters. The van der Waals surface area contributed by atoms with Crippen LogP contribution in [0.1, 0.15) is 24.6 Å². The fourth-order valence-corrected chi connectivity index (χ4v) is 2.00. The molecule has 2 aromatic rings. The van der Waals surface area contributed by atoms with Crippen molar-refractivity contribution in [1.29, 1.82) is 0 Å². The fraction of sp³-hybridized carbons (Fsp3) is 0.385. The minimum Gasteiger partial charge on any atom is -0.358 e. The van der Waals surface area contributed by atoms with E-state index in [4.69, 9.17) is 5.73 Å². The van der Waals surface area contributed by atoms with Gasteiger partial charge in [0.2, 0.25) is 0 Å². The number of rotatable bonds is 3. The predicted molar refractivity (Wildman–Crippen MR) is 65.0 cm³/mol. The Morgan fingerprint density at radius 2 is 2.07 bits per heavy atom. The smallest absolute Gasteiger partial charge is 0.0458 e. The van der Waals surface area contributed by atoms with Crippen molar-refractivity contribution in [3.63, 3.8) is 0 Å². The molecule has 0 aliphatic rings. The van der Waals surface area contributed by atoms with E-state index in [1.54, 1.807) is 0 Å². The summed E-state index contributed by atoms with van der Waals surface area (Å²) in [6, 6.07) is 8.68. The monoisotopic (exact) mass is 202 g/mol. The van der Waals surface area contributed by atoms with Gasteiger partial charge in [-0.2, -0.15) is 0 Å². The van der Waals surface area contributed by atoms with Crippen LogP contribution in [0.2, 0.25) is 0 Å². The molecule has 1 aromatic carbocycles. The summed E-state index contributed by atoms with van der Waals surface area (Å²) in [5.41, 5.74) is 9.85. The summed E-state index contributed by atoms with van der Waals surface area (Å²) in [4.78, 5) is 3.40. The number of aromatic amines is 1. The molecule has 0 saturated carbocycles. The van der Waals surface area contributed by atoms with Gasteiger partial charge in [0.15, 0.2) is 0 Å². The first-order valence-corrected chi connectivity index (χ1v) is 5.54. The van der Waals surface area contributed by atoms with Crippen LogP contribution in [0.15, 0.2) is 24.3 Å². The Bertz CT molecular complexity index is 457. The lowest BCUT2D eigenvalue weighted by atomic mass is 10.0. The maximum Gasteiger partial charge on any atom is 0.0458 e. The van der Waals surface area contributed by atoms with E-state index in [-0.39, 0.29) is 6.04 Å². The molecule has 2 nitrogen and oxygen atoms in total. The molecule has 15 heavy (non-hydrogen) atoms. The van der Waals surface area contributed by atoms with Crippen molar-refractivity contribution >= 4 is 10.9 Å². The van der Waals surface area contributed by atoms with Crippen LogP contribution in [0.4, 0.5) is 0 Å². The number of H-pyrrole nitrogens is 1. The molecule has 0 fully saturated rings. The van der Waals surface area contributed by atoms with Crippen molar-refractivity contribution in [3.05, 3.63) is 35.5 Å². The number of nitrogens with one attached hydrogen (secondary N) is 1. The van der Waals surface area contributed by atoms with Crippen LogP contribution in [-0.4, -0.2) is 11.0 Å². The van der Waals surface area contributed by atoms with Gasteiger partial charge in [-0.1, -0.05) is 25.1 Å². The first-order valence-electron chi connectivity index (χ1n) is 5.54. The molecule has 0 radical (unpaired) electrons. The molecule has 0 amide bonds. The number of nitrogens with two attached hydrogens (primary N) is 1. The van der Waals surface area contributed by atoms with Crippen LogP contribution < -0.4 is 5.73 Å². The van der Waals surface area contributed by atoms with E-state index in [1.807, 2.05) is 0 Å². The van der Waals surface area contributed by atoms with Crippen LogP contribution >= 0.6 is 0 Å². The normalized spacial score (nSPS) is 13.3. The van der Waals surface area contributed by atoms with E-state index in [9.17, 15) is 0 Å². The van der Waals surface area contributed by atoms with Crippen LogP contribution in [-0.2, 0) is 6.42 Å². The molecule has 2 heteroatoms. The summed E-state index contributed by atoms with van der Waals surface area (Å²) in [6.45, 7) is 4.26. The third-order valence-corrected chi connectivity index (χ3v) is 3.02. The Morgan fingerprint density at radius 3 is 2.80 bits per heavy atom. The average molecular weight is 202 g/mol. The maximum absolute atomic E-state index is 6.01. The molecule has 0 spiro atoms. The number of aryl methyl sites for hydroxylation is 1. The van der Waals surface area contributed by atoms with Gasteiger partial charge < -0.3 is 10.7 Å². The van der Waals surface area contributed by atoms with E-state index in [0.29, 0.717) is 0 Å². The topological polar surface area (TPSA) is 41.8 Å². The molecular weight excluding hydrogens is 184 g/mol. The van der Waals surface area contributed by atoms with E-state index in [0.717, 1.165) is 12.8 Å². The van der Waals surface area contributed by atoms with Gasteiger partial charge in [0.25, 0.3) is 0 Å². The third kappa shape index (κ3) is 1.90. The van der Waals surface area contributed by atoms with E-state index < -0.39 is 0 Å². The highest BCUT2D eigenvalue weighted by molar-refractivity contribution is 5.84. The lowest BCUT2D eigenvalue weighted by Crippen LogP contribution is -2.21.